The fourth-order valence-electron chi connectivity index (χ4n) is 1.78. The molecule has 4 nitrogen and oxygen atoms in total. The van der Waals surface area contributed by atoms with Crippen LogP contribution in [0.1, 0.15) is 32.0 Å². The second kappa shape index (κ2) is 3.47. The molecule has 0 unspecified atom stereocenters. The van der Waals surface area contributed by atoms with Crippen LogP contribution in [-0.4, -0.2) is 14.6 Å². The van der Waals surface area contributed by atoms with Gasteiger partial charge in [0.25, 0.3) is 5.56 Å². The Morgan fingerprint density at radius 3 is 2.75 bits per heavy atom. The lowest BCUT2D eigenvalue weighted by molar-refractivity contribution is 0.406. The second-order valence-corrected chi connectivity index (χ2v) is 5.44. The van der Waals surface area contributed by atoms with Crippen molar-refractivity contribution >= 4 is 5.65 Å². The maximum absolute atomic E-state index is 11.8. The van der Waals surface area contributed by atoms with E-state index in [1.807, 2.05) is 6.92 Å². The molecule has 4 heteroatoms. The van der Waals surface area contributed by atoms with Crippen molar-refractivity contribution in [1.29, 1.82) is 0 Å². The Bertz CT molecular complexity index is 572. The average molecular weight is 219 g/mol. The highest BCUT2D eigenvalue weighted by Crippen LogP contribution is 2.19. The number of fused-ring (bicyclic) bond motifs is 1. The summed E-state index contributed by atoms with van der Waals surface area (Å²) in [7, 11) is 0. The molecule has 2 rings (SSSR count). The molecule has 16 heavy (non-hydrogen) atoms. The molecule has 86 valence electrons. The van der Waals surface area contributed by atoms with Gasteiger partial charge in [0.1, 0.15) is 0 Å². The van der Waals surface area contributed by atoms with Gasteiger partial charge in [-0.1, -0.05) is 20.8 Å². The van der Waals surface area contributed by atoms with Crippen molar-refractivity contribution in [1.82, 2.24) is 14.6 Å². The van der Waals surface area contributed by atoms with Gasteiger partial charge in [0.05, 0.1) is 0 Å². The van der Waals surface area contributed by atoms with Gasteiger partial charge in [0.15, 0.2) is 5.65 Å². The third-order valence-corrected chi connectivity index (χ3v) is 2.45. The maximum atomic E-state index is 11.8. The van der Waals surface area contributed by atoms with Crippen LogP contribution in [-0.2, 0) is 6.42 Å². The summed E-state index contributed by atoms with van der Waals surface area (Å²) in [5.74, 6) is 0. The third-order valence-electron chi connectivity index (χ3n) is 2.45. The number of aromatic amines is 1. The minimum absolute atomic E-state index is 0.0441. The van der Waals surface area contributed by atoms with Crippen molar-refractivity contribution in [3.63, 3.8) is 0 Å². The molecule has 2 aromatic heterocycles. The van der Waals surface area contributed by atoms with E-state index in [4.69, 9.17) is 0 Å². The number of aromatic nitrogens is 3. The Labute approximate surface area is 94.3 Å². The number of H-pyrrole nitrogens is 1. The van der Waals surface area contributed by atoms with Gasteiger partial charge in [-0.15, -0.1) is 0 Å². The largest absolute Gasteiger partial charge is 0.297 e. The van der Waals surface area contributed by atoms with E-state index in [0.29, 0.717) is 0 Å². The lowest BCUT2D eigenvalue weighted by Crippen LogP contribution is -2.18. The summed E-state index contributed by atoms with van der Waals surface area (Å²) in [6.45, 7) is 8.36. The van der Waals surface area contributed by atoms with Gasteiger partial charge in [0.2, 0.25) is 0 Å². The second-order valence-electron chi connectivity index (χ2n) is 5.44. The predicted octanol–water partition coefficient (Wildman–Crippen LogP) is 1.92. The van der Waals surface area contributed by atoms with Crippen molar-refractivity contribution in [3.05, 3.63) is 33.9 Å². The number of nitrogens with one attached hydrogen (secondary N) is 1. The Hall–Kier alpha value is -1.58. The highest BCUT2D eigenvalue weighted by Gasteiger charge is 2.14. The van der Waals surface area contributed by atoms with Crippen LogP contribution in [0.3, 0.4) is 0 Å². The number of hydrogen-bond donors (Lipinski definition) is 1. The van der Waals surface area contributed by atoms with Crippen LogP contribution in [0.5, 0.6) is 0 Å². The van der Waals surface area contributed by atoms with E-state index in [1.54, 1.807) is 12.3 Å². The minimum Gasteiger partial charge on any atom is -0.297 e. The lowest BCUT2D eigenvalue weighted by Gasteiger charge is -2.17. The zero-order valence-electron chi connectivity index (χ0n) is 10.2. The van der Waals surface area contributed by atoms with Gasteiger partial charge in [-0.05, 0) is 18.8 Å². The normalized spacial score (nSPS) is 12.2. The molecule has 0 spiro atoms. The molecule has 0 bridgehead atoms. The monoisotopic (exact) mass is 219 g/mol. The molecule has 0 amide bonds. The maximum Gasteiger partial charge on any atom is 0.272 e. The number of hydrogen-bond acceptors (Lipinski definition) is 2. The fourth-order valence-corrected chi connectivity index (χ4v) is 1.78. The zero-order chi connectivity index (χ0) is 11.9. The molecule has 0 saturated carbocycles. The van der Waals surface area contributed by atoms with Crippen molar-refractivity contribution in [2.45, 2.75) is 34.1 Å². The van der Waals surface area contributed by atoms with E-state index in [1.165, 1.54) is 4.52 Å². The highest BCUT2D eigenvalue weighted by atomic mass is 16.1. The first-order valence-corrected chi connectivity index (χ1v) is 5.43. The van der Waals surface area contributed by atoms with E-state index in [9.17, 15) is 4.79 Å². The molecule has 0 saturated heterocycles. The van der Waals surface area contributed by atoms with Gasteiger partial charge in [-0.2, -0.15) is 0 Å². The summed E-state index contributed by atoms with van der Waals surface area (Å²) in [5, 5.41) is 2.89. The van der Waals surface area contributed by atoms with E-state index in [0.717, 1.165) is 23.3 Å². The van der Waals surface area contributed by atoms with Crippen LogP contribution >= 0.6 is 0 Å². The molecular weight excluding hydrogens is 202 g/mol. The van der Waals surface area contributed by atoms with Crippen LogP contribution in [0.25, 0.3) is 5.65 Å². The Balaban J connectivity index is 2.57. The smallest absolute Gasteiger partial charge is 0.272 e. The number of rotatable bonds is 1. The van der Waals surface area contributed by atoms with E-state index < -0.39 is 0 Å². The van der Waals surface area contributed by atoms with Gasteiger partial charge in [-0.3, -0.25) is 9.89 Å². The number of nitrogens with zero attached hydrogens (tertiary/aromatic N) is 2. The first kappa shape index (κ1) is 10.9. The third kappa shape index (κ3) is 2.01. The molecule has 0 atom stereocenters. The van der Waals surface area contributed by atoms with Crippen LogP contribution in [0.15, 0.2) is 17.1 Å². The van der Waals surface area contributed by atoms with Gasteiger partial charge < -0.3 is 0 Å². The van der Waals surface area contributed by atoms with Crippen LogP contribution in [0.4, 0.5) is 0 Å². The van der Waals surface area contributed by atoms with Crippen LogP contribution < -0.4 is 5.56 Å². The molecule has 0 aliphatic carbocycles. The molecule has 0 aliphatic rings. The summed E-state index contributed by atoms with van der Waals surface area (Å²) >= 11 is 0. The highest BCUT2D eigenvalue weighted by molar-refractivity contribution is 5.45. The van der Waals surface area contributed by atoms with E-state index >= 15 is 0 Å². The topological polar surface area (TPSA) is 50.2 Å². The quantitative estimate of drug-likeness (QED) is 0.796. The first-order chi connectivity index (χ1) is 7.37. The van der Waals surface area contributed by atoms with Gasteiger partial charge >= 0.3 is 0 Å². The summed E-state index contributed by atoms with van der Waals surface area (Å²) < 4.78 is 1.47. The SMILES string of the molecule is Cc1c[nH]n2c(=O)cc(CC(C)(C)C)nc12. The summed E-state index contributed by atoms with van der Waals surface area (Å²) in [5.41, 5.74) is 2.68. The van der Waals surface area contributed by atoms with E-state index in [2.05, 4.69) is 30.9 Å². The standard InChI is InChI=1S/C12H17N3O/c1-8-7-13-15-10(16)5-9(14-11(8)15)6-12(2,3)4/h5,7,13H,6H2,1-4H3. The summed E-state index contributed by atoms with van der Waals surface area (Å²) in [6, 6.07) is 1.61. The fraction of sp³-hybridized carbons (Fsp3) is 0.500. The van der Waals surface area contributed by atoms with Crippen molar-refractivity contribution in [3.8, 4) is 0 Å². The van der Waals surface area contributed by atoms with Gasteiger partial charge in [0, 0.05) is 23.5 Å². The van der Waals surface area contributed by atoms with Crippen LogP contribution in [0.2, 0.25) is 0 Å². The van der Waals surface area contributed by atoms with Crippen molar-refractivity contribution in [2.75, 3.05) is 0 Å². The Kier molecular flexibility index (Phi) is 2.37. The summed E-state index contributed by atoms with van der Waals surface area (Å²) in [6.07, 6.45) is 2.61. The molecule has 2 heterocycles. The van der Waals surface area contributed by atoms with E-state index in [-0.39, 0.29) is 11.0 Å². The van der Waals surface area contributed by atoms with Gasteiger partial charge in [-0.25, -0.2) is 9.50 Å². The van der Waals surface area contributed by atoms with Crippen molar-refractivity contribution < 1.29 is 0 Å². The lowest BCUT2D eigenvalue weighted by atomic mass is 9.90. The Morgan fingerprint density at radius 2 is 2.12 bits per heavy atom. The molecule has 1 N–H and O–H groups in total. The molecule has 0 fully saturated rings. The Morgan fingerprint density at radius 1 is 1.44 bits per heavy atom. The minimum atomic E-state index is -0.0441. The molecule has 2 aromatic rings. The first-order valence-electron chi connectivity index (χ1n) is 5.43. The molecular formula is C12H17N3O. The predicted molar refractivity (Wildman–Crippen MR) is 63.7 cm³/mol. The summed E-state index contributed by atoms with van der Waals surface area (Å²) in [4.78, 5) is 16.3. The number of aryl methyl sites for hydroxylation is 1. The molecule has 0 radical (unpaired) electrons. The van der Waals surface area contributed by atoms with Crippen molar-refractivity contribution in [2.24, 2.45) is 5.41 Å². The average Bonchev–Trinajstić information content (AvgIpc) is 2.45. The van der Waals surface area contributed by atoms with Crippen LogP contribution in [0, 0.1) is 12.3 Å². The molecule has 0 aliphatic heterocycles. The molecule has 0 aromatic carbocycles. The zero-order valence-corrected chi connectivity index (χ0v) is 10.2.